The summed E-state index contributed by atoms with van der Waals surface area (Å²) in [4.78, 5) is 72.6. The van der Waals surface area contributed by atoms with Crippen LogP contribution in [0, 0.1) is 35.5 Å². The quantitative estimate of drug-likeness (QED) is 0.114. The third kappa shape index (κ3) is 14.3. The standard InChI is InChI=1S/C52H80N5O12/c1-31-16-12-11-13-17-32(2)43(65-8)28-39-21-19-33(3)49(61)52(64,69-39)51(63)56-23-15-14-18-41(56)50(62)68-44(35(5)26-38-20-22-40(45(27-38)66-9)57-30-53-54-55-57)29-42(58)34(4)25-37(7)47(60)48(67-10)46(59)36(6)24-31/h11-13,16-17,25,31,33-36,38-41,43-45,47-48,60,64H,14-15,18-24,26-30H2,1-10H3/q+1/b13-11+,16-12+,32-17+,37-25+/t31-,33-,34-,35-,36+,38+,39+,40+,41?,43+,44+,45-,47-,48+,52?/m1/s1. The molecular weight excluding hydrogens is 887 g/mol. The highest BCUT2D eigenvalue weighted by Crippen LogP contribution is 2.37. The Bertz CT molecular complexity index is 2000. The zero-order valence-corrected chi connectivity index (χ0v) is 42.7. The average molecular weight is 967 g/mol. The average Bonchev–Trinajstić information content (AvgIpc) is 3.85. The molecule has 2 bridgehead atoms. The molecule has 1 amide bonds. The number of allylic oxidation sites excluding steroid dienone is 6. The molecular formula is C52H80N5O12+. The summed E-state index contributed by atoms with van der Waals surface area (Å²) in [6.45, 7) is 13.2. The predicted octanol–water partition coefficient (Wildman–Crippen LogP) is 6.99. The molecule has 3 fully saturated rings. The van der Waals surface area contributed by atoms with Gasteiger partial charge in [-0.3, -0.25) is 19.2 Å². The molecule has 0 aromatic carbocycles. The molecule has 2 unspecified atom stereocenters. The topological polar surface area (TPSA) is 215 Å². The van der Waals surface area contributed by atoms with E-state index in [1.807, 2.05) is 62.8 Å². The van der Waals surface area contributed by atoms with Gasteiger partial charge in [0.25, 0.3) is 5.91 Å². The van der Waals surface area contributed by atoms with E-state index >= 15 is 0 Å². The second kappa shape index (κ2) is 25.8. The molecule has 4 heterocycles. The van der Waals surface area contributed by atoms with Gasteiger partial charge in [0.1, 0.15) is 36.2 Å². The van der Waals surface area contributed by atoms with Gasteiger partial charge in [0.15, 0.2) is 11.0 Å². The number of ketones is 3. The van der Waals surface area contributed by atoms with Gasteiger partial charge in [0.2, 0.25) is 17.7 Å². The van der Waals surface area contributed by atoms with E-state index in [4.69, 9.17) is 23.7 Å². The van der Waals surface area contributed by atoms with E-state index in [9.17, 15) is 34.2 Å². The smallest absolute Gasteiger partial charge is 0.329 e. The Kier molecular flexibility index (Phi) is 20.9. The van der Waals surface area contributed by atoms with Crippen molar-refractivity contribution in [1.29, 1.82) is 0 Å². The van der Waals surface area contributed by atoms with Crippen molar-refractivity contribution in [2.24, 2.45) is 51.1 Å². The molecule has 17 heteroatoms. The second-order valence-corrected chi connectivity index (χ2v) is 20.5. The number of aliphatic hydroxyl groups excluding tert-OH is 1. The van der Waals surface area contributed by atoms with Gasteiger partial charge in [0, 0.05) is 58.5 Å². The van der Waals surface area contributed by atoms with E-state index in [0.29, 0.717) is 57.2 Å². The zero-order chi connectivity index (χ0) is 50.6. The lowest BCUT2D eigenvalue weighted by molar-refractivity contribution is -0.631. The number of nitrogens with zero attached hydrogens (tertiary/aromatic N) is 5. The van der Waals surface area contributed by atoms with Crippen molar-refractivity contribution >= 4 is 29.2 Å². The number of Topliss-reactive ketones (excluding diaryl/α,β-unsaturated/α-hetero) is 3. The summed E-state index contributed by atoms with van der Waals surface area (Å²) in [5.41, 5.74) is 1.24. The van der Waals surface area contributed by atoms with Gasteiger partial charge < -0.3 is 38.8 Å². The van der Waals surface area contributed by atoms with Crippen LogP contribution in [0.3, 0.4) is 0 Å². The molecule has 0 radical (unpaired) electrons. The van der Waals surface area contributed by atoms with Gasteiger partial charge in [-0.2, -0.15) is 0 Å². The number of esters is 1. The van der Waals surface area contributed by atoms with Gasteiger partial charge in [-0.05, 0) is 112 Å². The number of methoxy groups -OCH3 is 3. The number of aliphatic hydroxyl groups is 2. The Labute approximate surface area is 408 Å². The molecule has 5 rings (SSSR count). The van der Waals surface area contributed by atoms with Crippen LogP contribution in [0.5, 0.6) is 0 Å². The largest absolute Gasteiger partial charge is 0.460 e. The number of carbonyl (C=O) groups is 5. The summed E-state index contributed by atoms with van der Waals surface area (Å²) < 4.78 is 31.9. The normalized spacial score (nSPS) is 39.6. The van der Waals surface area contributed by atoms with E-state index in [2.05, 4.69) is 15.6 Å². The Morgan fingerprint density at radius 1 is 0.884 bits per heavy atom. The Balaban J connectivity index is 1.49. The number of fused-ring (bicyclic) bond motifs is 3. The predicted molar refractivity (Wildman–Crippen MR) is 255 cm³/mol. The maximum absolute atomic E-state index is 14.7. The minimum Gasteiger partial charge on any atom is -0.460 e. The molecule has 1 aliphatic carbocycles. The summed E-state index contributed by atoms with van der Waals surface area (Å²) in [5.74, 6) is -7.93. The molecule has 0 spiro atoms. The van der Waals surface area contributed by atoms with E-state index in [1.165, 1.54) is 12.0 Å². The first-order chi connectivity index (χ1) is 32.8. The summed E-state index contributed by atoms with van der Waals surface area (Å²) in [7, 11) is 4.62. The molecule has 2 saturated heterocycles. The zero-order valence-electron chi connectivity index (χ0n) is 42.7. The molecule has 0 aromatic rings. The number of ether oxygens (including phenoxy) is 5. The molecule has 69 heavy (non-hydrogen) atoms. The number of hydrogen-bond donors (Lipinski definition) is 2. The second-order valence-electron chi connectivity index (χ2n) is 20.5. The van der Waals surface area contributed by atoms with Crippen LogP contribution >= 0.6 is 0 Å². The van der Waals surface area contributed by atoms with Crippen LogP contribution in [-0.2, 0) is 47.7 Å². The molecule has 5 aliphatic rings. The maximum Gasteiger partial charge on any atom is 0.329 e. The lowest BCUT2D eigenvalue weighted by Crippen LogP contribution is -2.62. The number of hydrogen-bond acceptors (Lipinski definition) is 15. The van der Waals surface area contributed by atoms with Gasteiger partial charge in [-0.15, -0.1) is 4.70 Å². The van der Waals surface area contributed by atoms with Crippen LogP contribution in [0.25, 0.3) is 0 Å². The molecule has 384 valence electrons. The Morgan fingerprint density at radius 3 is 2.32 bits per heavy atom. The maximum atomic E-state index is 14.7. The van der Waals surface area contributed by atoms with Gasteiger partial charge in [-0.25, -0.2) is 4.79 Å². The number of rotatable bonds is 7. The molecule has 0 aromatic heterocycles. The van der Waals surface area contributed by atoms with E-state index in [-0.39, 0.29) is 67.3 Å². The Morgan fingerprint density at radius 2 is 1.64 bits per heavy atom. The van der Waals surface area contributed by atoms with Crippen LogP contribution in [0.4, 0.5) is 0 Å². The van der Waals surface area contributed by atoms with Crippen molar-refractivity contribution in [1.82, 2.24) is 4.90 Å². The van der Waals surface area contributed by atoms with E-state index in [0.717, 1.165) is 18.4 Å². The lowest BCUT2D eigenvalue weighted by atomic mass is 9.77. The molecule has 1 saturated carbocycles. The van der Waals surface area contributed by atoms with Crippen molar-refractivity contribution in [3.8, 4) is 0 Å². The first-order valence-electron chi connectivity index (χ1n) is 25.2. The summed E-state index contributed by atoms with van der Waals surface area (Å²) in [5, 5.41) is 35.7. The van der Waals surface area contributed by atoms with Gasteiger partial charge in [0.05, 0.1) is 18.3 Å². The highest BCUT2D eigenvalue weighted by molar-refractivity contribution is 6.09. The first kappa shape index (κ1) is 55.8. The lowest BCUT2D eigenvalue weighted by Gasteiger charge is -2.40. The van der Waals surface area contributed by atoms with Gasteiger partial charge >= 0.3 is 11.8 Å². The molecule has 17 nitrogen and oxygen atoms in total. The number of carbonyl (C=O) groups excluding carboxylic acids is 5. The van der Waals surface area contributed by atoms with Crippen LogP contribution in [-0.4, -0.2) is 138 Å². The Hall–Kier alpha value is -4.13. The fourth-order valence-electron chi connectivity index (χ4n) is 10.8. The molecule has 15 atom stereocenters. The summed E-state index contributed by atoms with van der Waals surface area (Å²) in [6, 6.07) is -1.16. The minimum atomic E-state index is -2.85. The fourth-order valence-corrected chi connectivity index (χ4v) is 10.8. The third-order valence-corrected chi connectivity index (χ3v) is 15.2. The summed E-state index contributed by atoms with van der Waals surface area (Å²) in [6.07, 6.45) is 12.0. The number of cyclic esters (lactones) is 1. The number of piperidine rings is 1. The highest BCUT2D eigenvalue weighted by atomic mass is 16.6. The van der Waals surface area contributed by atoms with Crippen molar-refractivity contribution in [2.45, 2.75) is 180 Å². The minimum absolute atomic E-state index is 0.00176. The SMILES string of the molecule is CO[C@H]1C[C@@H]2CC[C@@H](C)C(=O)C(O)(O2)C(=O)N2CCCCC2C(=O)O[C@H]([C@H](C)C[C@@H]2CC[C@H]([N+]3=NN=NC3)[C@H](OC)C2)CC(=O)[C@H](C)/C=C(\C)[C@@H](O)[C@@H](OC)C(=O)[C@@H](C)C[C@H](C)/C=C/C=C/C=C/1C. The van der Waals surface area contributed by atoms with Crippen molar-refractivity contribution in [2.75, 3.05) is 34.5 Å². The van der Waals surface area contributed by atoms with Crippen LogP contribution in [0.15, 0.2) is 63.2 Å². The molecule has 2 N–H and O–H groups in total. The molecule has 4 aliphatic heterocycles. The van der Waals surface area contributed by atoms with E-state index in [1.54, 1.807) is 41.1 Å². The number of amides is 1. The first-order valence-corrected chi connectivity index (χ1v) is 25.2. The van der Waals surface area contributed by atoms with Crippen molar-refractivity contribution < 1.29 is 62.6 Å². The highest BCUT2D eigenvalue weighted by Gasteiger charge is 2.55. The van der Waals surface area contributed by atoms with Crippen LogP contribution < -0.4 is 0 Å². The van der Waals surface area contributed by atoms with Crippen LogP contribution in [0.1, 0.15) is 126 Å². The fraction of sp³-hybridized carbons (Fsp3) is 0.750. The third-order valence-electron chi connectivity index (χ3n) is 15.2. The van der Waals surface area contributed by atoms with Crippen molar-refractivity contribution in [3.63, 3.8) is 0 Å². The van der Waals surface area contributed by atoms with Crippen LogP contribution in [0.2, 0.25) is 0 Å². The van der Waals surface area contributed by atoms with Crippen molar-refractivity contribution in [3.05, 3.63) is 47.6 Å². The summed E-state index contributed by atoms with van der Waals surface area (Å²) >= 11 is 0. The van der Waals surface area contributed by atoms with E-state index < -0.39 is 77.8 Å². The monoisotopic (exact) mass is 967 g/mol. The van der Waals surface area contributed by atoms with Gasteiger partial charge in [-0.1, -0.05) is 71.1 Å².